The lowest BCUT2D eigenvalue weighted by Gasteiger charge is -2.26. The maximum Gasteiger partial charge on any atom is 0.191 e. The standard InChI is InChI=1S/C19H32N4O/c1-3-20-19(22-16-18-8-6-17(2)7-9-18)21-10-4-5-11-23-12-14-24-15-13-23/h6-9H,3-5,10-16H2,1-2H3,(H2,20,21,22). The molecule has 1 aromatic carbocycles. The zero-order valence-electron chi connectivity index (χ0n) is 15.2. The van der Waals surface area contributed by atoms with Crippen LogP contribution in [0.5, 0.6) is 0 Å². The summed E-state index contributed by atoms with van der Waals surface area (Å²) in [7, 11) is 0. The van der Waals surface area contributed by atoms with Gasteiger partial charge in [0.05, 0.1) is 19.8 Å². The molecule has 1 heterocycles. The highest BCUT2D eigenvalue weighted by molar-refractivity contribution is 5.79. The van der Waals surface area contributed by atoms with E-state index in [0.29, 0.717) is 6.54 Å². The van der Waals surface area contributed by atoms with Crippen molar-refractivity contribution in [1.29, 1.82) is 0 Å². The number of guanidine groups is 1. The third-order valence-electron chi connectivity index (χ3n) is 4.18. The topological polar surface area (TPSA) is 48.9 Å². The van der Waals surface area contributed by atoms with Crippen molar-refractivity contribution in [3.63, 3.8) is 0 Å². The third-order valence-corrected chi connectivity index (χ3v) is 4.18. The molecule has 2 rings (SSSR count). The molecule has 0 amide bonds. The number of benzene rings is 1. The van der Waals surface area contributed by atoms with Gasteiger partial charge in [-0.1, -0.05) is 29.8 Å². The molecule has 1 saturated heterocycles. The molecule has 1 aromatic rings. The summed E-state index contributed by atoms with van der Waals surface area (Å²) in [5, 5.41) is 6.75. The second-order valence-corrected chi connectivity index (χ2v) is 6.27. The lowest BCUT2D eigenvalue weighted by atomic mass is 10.1. The van der Waals surface area contributed by atoms with Crippen molar-refractivity contribution in [3.8, 4) is 0 Å². The highest BCUT2D eigenvalue weighted by Gasteiger charge is 2.09. The summed E-state index contributed by atoms with van der Waals surface area (Å²) in [6.07, 6.45) is 2.37. The Morgan fingerprint density at radius 2 is 1.88 bits per heavy atom. The molecule has 1 aliphatic rings. The second-order valence-electron chi connectivity index (χ2n) is 6.27. The van der Waals surface area contributed by atoms with E-state index in [4.69, 9.17) is 4.74 Å². The van der Waals surface area contributed by atoms with Gasteiger partial charge in [0.1, 0.15) is 0 Å². The van der Waals surface area contributed by atoms with Crippen molar-refractivity contribution in [2.24, 2.45) is 4.99 Å². The Morgan fingerprint density at radius 3 is 2.58 bits per heavy atom. The van der Waals surface area contributed by atoms with Crippen LogP contribution in [0.3, 0.4) is 0 Å². The lowest BCUT2D eigenvalue weighted by molar-refractivity contribution is 0.0372. The summed E-state index contributed by atoms with van der Waals surface area (Å²) in [6, 6.07) is 8.56. The average molecular weight is 332 g/mol. The first-order chi connectivity index (χ1) is 11.8. The molecule has 0 spiro atoms. The molecule has 5 nitrogen and oxygen atoms in total. The molecule has 0 saturated carbocycles. The van der Waals surface area contributed by atoms with E-state index in [1.807, 2.05) is 0 Å². The summed E-state index contributed by atoms with van der Waals surface area (Å²) in [4.78, 5) is 7.15. The van der Waals surface area contributed by atoms with E-state index in [9.17, 15) is 0 Å². The number of unbranched alkanes of at least 4 members (excludes halogenated alkanes) is 1. The maximum absolute atomic E-state index is 5.38. The molecule has 0 aromatic heterocycles. The van der Waals surface area contributed by atoms with Crippen molar-refractivity contribution < 1.29 is 4.74 Å². The van der Waals surface area contributed by atoms with Gasteiger partial charge < -0.3 is 15.4 Å². The Morgan fingerprint density at radius 1 is 1.12 bits per heavy atom. The number of aryl methyl sites for hydroxylation is 1. The van der Waals surface area contributed by atoms with Gasteiger partial charge in [0.25, 0.3) is 0 Å². The number of hydrogen-bond acceptors (Lipinski definition) is 3. The van der Waals surface area contributed by atoms with Crippen LogP contribution in [-0.2, 0) is 11.3 Å². The minimum Gasteiger partial charge on any atom is -0.379 e. The number of hydrogen-bond donors (Lipinski definition) is 2. The van der Waals surface area contributed by atoms with Crippen LogP contribution in [0.25, 0.3) is 0 Å². The second kappa shape index (κ2) is 11.0. The Kier molecular flexibility index (Phi) is 8.63. The highest BCUT2D eigenvalue weighted by Crippen LogP contribution is 2.04. The number of nitrogens with zero attached hydrogens (tertiary/aromatic N) is 2. The van der Waals surface area contributed by atoms with E-state index in [0.717, 1.165) is 51.8 Å². The van der Waals surface area contributed by atoms with Gasteiger partial charge in [-0.15, -0.1) is 0 Å². The normalized spacial score (nSPS) is 16.2. The summed E-state index contributed by atoms with van der Waals surface area (Å²) in [5.74, 6) is 0.907. The van der Waals surface area contributed by atoms with E-state index in [2.05, 4.69) is 58.6 Å². The van der Waals surface area contributed by atoms with Crippen LogP contribution >= 0.6 is 0 Å². The van der Waals surface area contributed by atoms with Crippen LogP contribution in [0, 0.1) is 6.92 Å². The zero-order valence-corrected chi connectivity index (χ0v) is 15.2. The van der Waals surface area contributed by atoms with Crippen LogP contribution in [0.15, 0.2) is 29.3 Å². The zero-order chi connectivity index (χ0) is 17.0. The molecule has 0 aliphatic carbocycles. The quantitative estimate of drug-likeness (QED) is 0.435. The molecule has 0 bridgehead atoms. The maximum atomic E-state index is 5.38. The Labute approximate surface area is 146 Å². The number of nitrogens with one attached hydrogen (secondary N) is 2. The van der Waals surface area contributed by atoms with Crippen LogP contribution < -0.4 is 10.6 Å². The first-order valence-corrected chi connectivity index (χ1v) is 9.16. The number of ether oxygens (including phenoxy) is 1. The fourth-order valence-electron chi connectivity index (χ4n) is 2.70. The minimum atomic E-state index is 0.712. The van der Waals surface area contributed by atoms with Gasteiger partial charge in [-0.3, -0.25) is 4.90 Å². The predicted molar refractivity (Wildman–Crippen MR) is 100 cm³/mol. The van der Waals surface area contributed by atoms with Crippen molar-refractivity contribution in [2.45, 2.75) is 33.2 Å². The van der Waals surface area contributed by atoms with Crippen molar-refractivity contribution in [2.75, 3.05) is 45.9 Å². The highest BCUT2D eigenvalue weighted by atomic mass is 16.5. The summed E-state index contributed by atoms with van der Waals surface area (Å²) >= 11 is 0. The van der Waals surface area contributed by atoms with Gasteiger partial charge in [-0.25, -0.2) is 4.99 Å². The predicted octanol–water partition coefficient (Wildman–Crippen LogP) is 2.16. The minimum absolute atomic E-state index is 0.712. The van der Waals surface area contributed by atoms with Crippen molar-refractivity contribution in [1.82, 2.24) is 15.5 Å². The Hall–Kier alpha value is -1.59. The molecular formula is C19H32N4O. The van der Waals surface area contributed by atoms with Crippen molar-refractivity contribution >= 4 is 5.96 Å². The molecule has 0 radical (unpaired) electrons. The summed E-state index contributed by atoms with van der Waals surface area (Å²) in [6.45, 7) is 11.9. The molecule has 134 valence electrons. The van der Waals surface area contributed by atoms with Crippen LogP contribution in [0.1, 0.15) is 30.9 Å². The number of morpholine rings is 1. The van der Waals surface area contributed by atoms with Crippen LogP contribution in [-0.4, -0.2) is 56.8 Å². The summed E-state index contributed by atoms with van der Waals surface area (Å²) in [5.41, 5.74) is 2.53. The molecule has 0 unspecified atom stereocenters. The van der Waals surface area contributed by atoms with Gasteiger partial charge in [0.15, 0.2) is 5.96 Å². The first-order valence-electron chi connectivity index (χ1n) is 9.16. The van der Waals surface area contributed by atoms with Gasteiger partial charge in [-0.05, 0) is 38.8 Å². The fraction of sp³-hybridized carbons (Fsp3) is 0.632. The Bertz CT molecular complexity index is 481. The first kappa shape index (κ1) is 18.7. The van der Waals surface area contributed by atoms with E-state index in [1.54, 1.807) is 0 Å². The molecule has 2 N–H and O–H groups in total. The largest absolute Gasteiger partial charge is 0.379 e. The summed E-state index contributed by atoms with van der Waals surface area (Å²) < 4.78 is 5.38. The average Bonchev–Trinajstić information content (AvgIpc) is 2.61. The molecule has 1 fully saturated rings. The van der Waals surface area contributed by atoms with Gasteiger partial charge in [0, 0.05) is 26.2 Å². The molecule has 0 atom stereocenters. The molecular weight excluding hydrogens is 300 g/mol. The van der Waals surface area contributed by atoms with Gasteiger partial charge >= 0.3 is 0 Å². The third kappa shape index (κ3) is 7.32. The van der Waals surface area contributed by atoms with Gasteiger partial charge in [0.2, 0.25) is 0 Å². The monoisotopic (exact) mass is 332 g/mol. The smallest absolute Gasteiger partial charge is 0.191 e. The van der Waals surface area contributed by atoms with E-state index < -0.39 is 0 Å². The molecule has 24 heavy (non-hydrogen) atoms. The van der Waals surface area contributed by atoms with Gasteiger partial charge in [-0.2, -0.15) is 0 Å². The number of aliphatic imine (C=N–C) groups is 1. The SMILES string of the molecule is CCNC(=NCc1ccc(C)cc1)NCCCCN1CCOCC1. The van der Waals surface area contributed by atoms with E-state index >= 15 is 0 Å². The van der Waals surface area contributed by atoms with Crippen molar-refractivity contribution in [3.05, 3.63) is 35.4 Å². The molecule has 1 aliphatic heterocycles. The number of rotatable bonds is 8. The van der Waals surface area contributed by atoms with E-state index in [1.165, 1.54) is 24.1 Å². The van der Waals surface area contributed by atoms with E-state index in [-0.39, 0.29) is 0 Å². The van der Waals surface area contributed by atoms with Crippen LogP contribution in [0.4, 0.5) is 0 Å². The molecule has 5 heteroatoms. The lowest BCUT2D eigenvalue weighted by Crippen LogP contribution is -2.39. The van der Waals surface area contributed by atoms with Crippen LogP contribution in [0.2, 0.25) is 0 Å². The fourth-order valence-corrected chi connectivity index (χ4v) is 2.70. The Balaban J connectivity index is 1.66.